The minimum atomic E-state index is 0.161. The van der Waals surface area contributed by atoms with Crippen molar-refractivity contribution in [2.45, 2.75) is 13.0 Å². The third-order valence-corrected chi connectivity index (χ3v) is 4.79. The van der Waals surface area contributed by atoms with E-state index in [0.717, 1.165) is 42.2 Å². The van der Waals surface area contributed by atoms with Gasteiger partial charge in [0.1, 0.15) is 16.9 Å². The van der Waals surface area contributed by atoms with Crippen LogP contribution in [-0.2, 0) is 0 Å². The molecule has 1 unspecified atom stereocenters. The van der Waals surface area contributed by atoms with Crippen molar-refractivity contribution in [2.24, 2.45) is 0 Å². The highest BCUT2D eigenvalue weighted by Crippen LogP contribution is 2.26. The normalized spacial score (nSPS) is 17.7. The number of aromatic nitrogens is 4. The van der Waals surface area contributed by atoms with Crippen molar-refractivity contribution in [3.8, 4) is 11.3 Å². The molecule has 0 aliphatic carbocycles. The number of piperazine rings is 1. The molecule has 27 heavy (non-hydrogen) atoms. The summed E-state index contributed by atoms with van der Waals surface area (Å²) < 4.78 is 5.33. The molecule has 0 saturated carbocycles. The number of fused-ring (bicyclic) bond motifs is 2. The largest absolute Gasteiger partial charge is 0.424 e. The van der Waals surface area contributed by atoms with Gasteiger partial charge in [0.15, 0.2) is 11.2 Å². The zero-order valence-electron chi connectivity index (χ0n) is 14.9. The van der Waals surface area contributed by atoms with E-state index in [2.05, 4.69) is 27.1 Å². The topological polar surface area (TPSA) is 106 Å². The molecule has 1 atom stereocenters. The second kappa shape index (κ2) is 6.17. The Morgan fingerprint density at radius 3 is 2.96 bits per heavy atom. The Kier molecular flexibility index (Phi) is 3.64. The number of nitrogen functional groups attached to an aromatic ring is 1. The molecule has 1 aliphatic heterocycles. The van der Waals surface area contributed by atoms with Crippen LogP contribution in [-0.4, -0.2) is 45.6 Å². The van der Waals surface area contributed by atoms with Gasteiger partial charge in [0.2, 0.25) is 0 Å². The summed E-state index contributed by atoms with van der Waals surface area (Å²) in [5.41, 5.74) is 10.2. The Hall–Kier alpha value is -3.26. The molecule has 4 aromatic rings. The van der Waals surface area contributed by atoms with Crippen LogP contribution in [0, 0.1) is 0 Å². The van der Waals surface area contributed by atoms with E-state index in [1.165, 1.54) is 0 Å². The summed E-state index contributed by atoms with van der Waals surface area (Å²) in [6.45, 7) is 4.93. The fourth-order valence-electron chi connectivity index (χ4n) is 3.45. The summed E-state index contributed by atoms with van der Waals surface area (Å²) in [7, 11) is 0. The van der Waals surface area contributed by atoms with Gasteiger partial charge >= 0.3 is 0 Å². The third kappa shape index (κ3) is 2.93. The predicted molar refractivity (Wildman–Crippen MR) is 104 cm³/mol. The van der Waals surface area contributed by atoms with Crippen molar-refractivity contribution in [3.63, 3.8) is 0 Å². The Morgan fingerprint density at radius 1 is 1.15 bits per heavy atom. The maximum atomic E-state index is 5.63. The Labute approximate surface area is 155 Å². The first kappa shape index (κ1) is 16.0. The zero-order chi connectivity index (χ0) is 18.4. The molecule has 5 rings (SSSR count). The molecule has 3 N–H and O–H groups in total. The first-order valence-corrected chi connectivity index (χ1v) is 8.94. The third-order valence-electron chi connectivity index (χ3n) is 4.79. The van der Waals surface area contributed by atoms with E-state index in [-0.39, 0.29) is 6.01 Å². The van der Waals surface area contributed by atoms with Crippen LogP contribution >= 0.6 is 0 Å². The molecule has 4 heterocycles. The zero-order valence-corrected chi connectivity index (χ0v) is 14.9. The molecular weight excluding hydrogens is 342 g/mol. The van der Waals surface area contributed by atoms with E-state index < -0.39 is 0 Å². The number of oxazole rings is 1. The fourth-order valence-corrected chi connectivity index (χ4v) is 3.45. The van der Waals surface area contributed by atoms with Crippen LogP contribution in [0.3, 0.4) is 0 Å². The number of nitrogens with two attached hydrogens (primary N) is 1. The van der Waals surface area contributed by atoms with Crippen molar-refractivity contribution in [3.05, 3.63) is 36.5 Å². The first-order chi connectivity index (χ1) is 13.2. The summed E-state index contributed by atoms with van der Waals surface area (Å²) in [5.74, 6) is 0.861. The van der Waals surface area contributed by atoms with Gasteiger partial charge in [-0.3, -0.25) is 0 Å². The molecular formula is C19H19N7O. The van der Waals surface area contributed by atoms with Crippen molar-refractivity contribution in [1.82, 2.24) is 25.3 Å². The Morgan fingerprint density at radius 2 is 2.07 bits per heavy atom. The van der Waals surface area contributed by atoms with E-state index >= 15 is 0 Å². The number of pyridine rings is 1. The summed E-state index contributed by atoms with van der Waals surface area (Å²) in [4.78, 5) is 20.5. The first-order valence-electron chi connectivity index (χ1n) is 8.94. The molecule has 8 heteroatoms. The molecule has 0 bridgehead atoms. The summed E-state index contributed by atoms with van der Waals surface area (Å²) in [6, 6.07) is 10.2. The number of hydrogen-bond acceptors (Lipinski definition) is 8. The molecule has 0 amide bonds. The quantitative estimate of drug-likeness (QED) is 0.560. The van der Waals surface area contributed by atoms with Gasteiger partial charge in [0, 0.05) is 31.2 Å². The van der Waals surface area contributed by atoms with Crippen LogP contribution < -0.4 is 16.0 Å². The molecule has 136 valence electrons. The molecule has 3 aromatic heterocycles. The van der Waals surface area contributed by atoms with Gasteiger partial charge in [0.25, 0.3) is 6.01 Å². The van der Waals surface area contributed by atoms with E-state index in [0.29, 0.717) is 22.8 Å². The van der Waals surface area contributed by atoms with E-state index in [1.807, 2.05) is 36.5 Å². The highest BCUT2D eigenvalue weighted by Gasteiger charge is 2.18. The van der Waals surface area contributed by atoms with Gasteiger partial charge in [-0.05, 0) is 37.3 Å². The Balaban J connectivity index is 1.54. The average Bonchev–Trinajstić information content (AvgIpc) is 3.06. The average molecular weight is 361 g/mol. The van der Waals surface area contributed by atoms with E-state index in [4.69, 9.17) is 20.1 Å². The van der Waals surface area contributed by atoms with Crippen molar-refractivity contribution < 1.29 is 4.42 Å². The van der Waals surface area contributed by atoms with E-state index in [1.54, 1.807) is 0 Å². The smallest absolute Gasteiger partial charge is 0.292 e. The lowest BCUT2D eigenvalue weighted by molar-refractivity contribution is 0.482. The molecule has 1 saturated heterocycles. The number of nitrogens with zero attached hydrogens (tertiary/aromatic N) is 5. The number of anilines is 2. The molecule has 0 radical (unpaired) electrons. The van der Waals surface area contributed by atoms with Gasteiger partial charge in [0.05, 0.1) is 11.9 Å². The predicted octanol–water partition coefficient (Wildman–Crippen LogP) is 2.21. The number of nitrogens with one attached hydrogen (secondary N) is 1. The highest BCUT2D eigenvalue weighted by atomic mass is 16.4. The standard InChI is InChI=1S/C19H19N7O/c1-11-10-26(7-6-21-11)17-9-22-14-4-3-13(23-18(14)25-17)12-2-5-16-15(8-12)24-19(20)27-16/h2-5,8-9,11,21H,6-7,10H2,1H3,(H2,20,24). The maximum Gasteiger partial charge on any atom is 0.292 e. The molecule has 8 nitrogen and oxygen atoms in total. The number of benzene rings is 1. The molecule has 0 spiro atoms. The summed E-state index contributed by atoms with van der Waals surface area (Å²) in [6.07, 6.45) is 1.83. The van der Waals surface area contributed by atoms with Gasteiger partial charge in [-0.2, -0.15) is 4.98 Å². The molecule has 1 aliphatic rings. The van der Waals surface area contributed by atoms with Gasteiger partial charge in [-0.25, -0.2) is 15.0 Å². The molecule has 1 aromatic carbocycles. The van der Waals surface area contributed by atoms with Crippen LogP contribution in [0.15, 0.2) is 40.9 Å². The fraction of sp³-hybridized carbons (Fsp3) is 0.263. The summed E-state index contributed by atoms with van der Waals surface area (Å²) >= 11 is 0. The number of hydrogen-bond donors (Lipinski definition) is 2. The number of rotatable bonds is 2. The van der Waals surface area contributed by atoms with Crippen LogP contribution in [0.25, 0.3) is 33.5 Å². The summed E-state index contributed by atoms with van der Waals surface area (Å²) in [5, 5.41) is 3.44. The minimum absolute atomic E-state index is 0.161. The van der Waals surface area contributed by atoms with Gasteiger partial charge in [-0.15, -0.1) is 0 Å². The van der Waals surface area contributed by atoms with E-state index in [9.17, 15) is 0 Å². The highest BCUT2D eigenvalue weighted by molar-refractivity contribution is 5.82. The van der Waals surface area contributed by atoms with Crippen LogP contribution in [0.2, 0.25) is 0 Å². The van der Waals surface area contributed by atoms with Crippen molar-refractivity contribution in [1.29, 1.82) is 0 Å². The second-order valence-electron chi connectivity index (χ2n) is 6.80. The van der Waals surface area contributed by atoms with Gasteiger partial charge < -0.3 is 20.4 Å². The van der Waals surface area contributed by atoms with Crippen LogP contribution in [0.1, 0.15) is 6.92 Å². The lowest BCUT2D eigenvalue weighted by Crippen LogP contribution is -2.49. The van der Waals surface area contributed by atoms with Crippen molar-refractivity contribution >= 4 is 34.1 Å². The SMILES string of the molecule is CC1CN(c2cnc3ccc(-c4ccc5oc(N)nc5c4)nc3n2)CCN1. The minimum Gasteiger partial charge on any atom is -0.424 e. The second-order valence-corrected chi connectivity index (χ2v) is 6.80. The molecule has 1 fully saturated rings. The lowest BCUT2D eigenvalue weighted by Gasteiger charge is -2.32. The lowest BCUT2D eigenvalue weighted by atomic mass is 10.1. The van der Waals surface area contributed by atoms with Gasteiger partial charge in [-0.1, -0.05) is 0 Å². The maximum absolute atomic E-state index is 5.63. The monoisotopic (exact) mass is 361 g/mol. The Bertz CT molecular complexity index is 1140. The van der Waals surface area contributed by atoms with Crippen molar-refractivity contribution in [2.75, 3.05) is 30.3 Å². The van der Waals surface area contributed by atoms with Crippen LogP contribution in [0.4, 0.5) is 11.8 Å². The van der Waals surface area contributed by atoms with Crippen LogP contribution in [0.5, 0.6) is 0 Å².